The fraction of sp³-hybridized carbons (Fsp3) is 0.444. The van der Waals surface area contributed by atoms with Crippen LogP contribution < -0.4 is 0 Å². The van der Waals surface area contributed by atoms with Crippen molar-refractivity contribution >= 4 is 16.1 Å². The third-order valence-electron chi connectivity index (χ3n) is 1.85. The molecule has 0 spiro atoms. The Balaban J connectivity index is 2.83. The molecule has 19 heavy (non-hydrogen) atoms. The highest BCUT2D eigenvalue weighted by molar-refractivity contribution is 7.87. The third kappa shape index (κ3) is 3.96. The van der Waals surface area contributed by atoms with Crippen molar-refractivity contribution in [3.63, 3.8) is 0 Å². The number of carbonyl (C=O) groups excluding carboxylic acids is 1. The standard InChI is InChI=1S/C9H10F3NO5S/c1-2-17-8(14)7-4-3-5-13(6-7)18-19(15,16)9(10,11)12/h3-4,6H,2,5H2,1H3. The number of ether oxygens (including phenoxy) is 1. The van der Waals surface area contributed by atoms with E-state index in [1.54, 1.807) is 6.92 Å². The van der Waals surface area contributed by atoms with Crippen LogP contribution in [0.4, 0.5) is 13.2 Å². The first-order valence-electron chi connectivity index (χ1n) is 5.00. The quantitative estimate of drug-likeness (QED) is 0.571. The zero-order valence-corrected chi connectivity index (χ0v) is 10.5. The molecule has 0 aromatic rings. The summed E-state index contributed by atoms with van der Waals surface area (Å²) >= 11 is 0. The normalized spacial score (nSPS) is 16.2. The molecule has 0 saturated carbocycles. The Labute approximate surface area is 107 Å². The van der Waals surface area contributed by atoms with E-state index in [-0.39, 0.29) is 18.7 Å². The number of rotatable bonds is 4. The first-order valence-corrected chi connectivity index (χ1v) is 6.41. The number of hydroxylamine groups is 2. The summed E-state index contributed by atoms with van der Waals surface area (Å²) in [4.78, 5) is 11.3. The Morgan fingerprint density at radius 1 is 1.47 bits per heavy atom. The lowest BCUT2D eigenvalue weighted by Gasteiger charge is -2.21. The summed E-state index contributed by atoms with van der Waals surface area (Å²) in [5, 5.41) is 0.384. The largest absolute Gasteiger partial charge is 0.525 e. The molecule has 0 amide bonds. The predicted molar refractivity (Wildman–Crippen MR) is 56.6 cm³/mol. The van der Waals surface area contributed by atoms with Crippen molar-refractivity contribution in [1.82, 2.24) is 5.06 Å². The van der Waals surface area contributed by atoms with Crippen LogP contribution in [0.5, 0.6) is 0 Å². The Morgan fingerprint density at radius 3 is 2.63 bits per heavy atom. The fourth-order valence-corrected chi connectivity index (χ4v) is 1.53. The van der Waals surface area contributed by atoms with Gasteiger partial charge in [-0.05, 0) is 13.0 Å². The average molecular weight is 301 g/mol. The summed E-state index contributed by atoms with van der Waals surface area (Å²) in [6.45, 7) is 1.37. The second-order valence-corrected chi connectivity index (χ2v) is 4.80. The van der Waals surface area contributed by atoms with E-state index in [4.69, 9.17) is 0 Å². The Kier molecular flexibility index (Phi) is 4.58. The second kappa shape index (κ2) is 5.61. The van der Waals surface area contributed by atoms with Gasteiger partial charge in [-0.25, -0.2) is 9.86 Å². The lowest BCUT2D eigenvalue weighted by atomic mass is 10.2. The minimum Gasteiger partial charge on any atom is -0.462 e. The summed E-state index contributed by atoms with van der Waals surface area (Å²) in [6, 6.07) is 0. The van der Waals surface area contributed by atoms with Gasteiger partial charge in [0.15, 0.2) is 0 Å². The minimum absolute atomic E-state index is 0.0751. The van der Waals surface area contributed by atoms with Crippen molar-refractivity contribution in [2.45, 2.75) is 12.4 Å². The monoisotopic (exact) mass is 301 g/mol. The Bertz CT molecular complexity index is 508. The summed E-state index contributed by atoms with van der Waals surface area (Å²) < 4.78 is 66.3. The molecule has 0 bridgehead atoms. The van der Waals surface area contributed by atoms with Crippen molar-refractivity contribution in [2.75, 3.05) is 13.2 Å². The summed E-state index contributed by atoms with van der Waals surface area (Å²) in [7, 11) is -5.76. The van der Waals surface area contributed by atoms with Crippen LogP contribution in [0.1, 0.15) is 6.92 Å². The third-order valence-corrected chi connectivity index (χ3v) is 2.81. The highest BCUT2D eigenvalue weighted by atomic mass is 32.2. The molecular weight excluding hydrogens is 291 g/mol. The molecule has 1 heterocycles. The van der Waals surface area contributed by atoms with E-state index < -0.39 is 21.6 Å². The second-order valence-electron chi connectivity index (χ2n) is 3.28. The zero-order valence-electron chi connectivity index (χ0n) is 9.68. The van der Waals surface area contributed by atoms with Gasteiger partial charge in [-0.1, -0.05) is 6.08 Å². The van der Waals surface area contributed by atoms with E-state index in [9.17, 15) is 26.4 Å². The number of alkyl halides is 3. The molecule has 1 rings (SSSR count). The molecule has 0 unspecified atom stereocenters. The van der Waals surface area contributed by atoms with E-state index in [0.29, 0.717) is 5.06 Å². The van der Waals surface area contributed by atoms with Crippen molar-refractivity contribution < 1.29 is 35.4 Å². The van der Waals surface area contributed by atoms with Crippen LogP contribution in [-0.4, -0.2) is 38.1 Å². The van der Waals surface area contributed by atoms with E-state index in [1.807, 2.05) is 0 Å². The van der Waals surface area contributed by atoms with E-state index in [0.717, 1.165) is 6.20 Å². The van der Waals surface area contributed by atoms with Gasteiger partial charge in [-0.2, -0.15) is 21.6 Å². The van der Waals surface area contributed by atoms with Gasteiger partial charge in [0.25, 0.3) is 0 Å². The van der Waals surface area contributed by atoms with Gasteiger partial charge in [0.1, 0.15) is 0 Å². The van der Waals surface area contributed by atoms with Crippen LogP contribution in [0.2, 0.25) is 0 Å². The maximum Gasteiger partial charge on any atom is 0.525 e. The number of carbonyl (C=O) groups is 1. The fourth-order valence-electron chi connectivity index (χ4n) is 1.09. The van der Waals surface area contributed by atoms with E-state index in [1.165, 1.54) is 12.2 Å². The van der Waals surface area contributed by atoms with Crippen LogP contribution in [0.25, 0.3) is 0 Å². The number of esters is 1. The minimum atomic E-state index is -5.76. The topological polar surface area (TPSA) is 72.9 Å². The molecular formula is C9H10F3NO5S. The smallest absolute Gasteiger partial charge is 0.462 e. The van der Waals surface area contributed by atoms with Crippen molar-refractivity contribution in [3.8, 4) is 0 Å². The maximum absolute atomic E-state index is 12.1. The Morgan fingerprint density at radius 2 is 2.11 bits per heavy atom. The highest BCUT2D eigenvalue weighted by Gasteiger charge is 2.49. The molecule has 0 fully saturated rings. The number of halogens is 3. The van der Waals surface area contributed by atoms with Crippen LogP contribution in [0, 0.1) is 0 Å². The van der Waals surface area contributed by atoms with Crippen LogP contribution in [0.3, 0.4) is 0 Å². The number of hydrogen-bond donors (Lipinski definition) is 0. The van der Waals surface area contributed by atoms with Crippen molar-refractivity contribution in [3.05, 3.63) is 23.9 Å². The van der Waals surface area contributed by atoms with Gasteiger partial charge in [0.2, 0.25) is 0 Å². The molecule has 0 aliphatic carbocycles. The van der Waals surface area contributed by atoms with Gasteiger partial charge in [-0.3, -0.25) is 0 Å². The van der Waals surface area contributed by atoms with Crippen molar-refractivity contribution in [1.29, 1.82) is 0 Å². The highest BCUT2D eigenvalue weighted by Crippen LogP contribution is 2.26. The van der Waals surface area contributed by atoms with Crippen LogP contribution in [0.15, 0.2) is 23.9 Å². The molecule has 6 nitrogen and oxygen atoms in total. The molecule has 0 aromatic heterocycles. The molecule has 0 radical (unpaired) electrons. The summed E-state index contributed by atoms with van der Waals surface area (Å²) in [6.07, 6.45) is 3.37. The first-order chi connectivity index (χ1) is 8.67. The van der Waals surface area contributed by atoms with Crippen molar-refractivity contribution in [2.24, 2.45) is 0 Å². The van der Waals surface area contributed by atoms with Gasteiger partial charge >= 0.3 is 21.6 Å². The first kappa shape index (κ1) is 15.5. The molecule has 0 N–H and O–H groups in total. The van der Waals surface area contributed by atoms with Gasteiger partial charge < -0.3 is 4.74 Å². The SMILES string of the molecule is CCOC(=O)C1=CN(OS(=O)(=O)C(F)(F)F)CC=C1. The Hall–Kier alpha value is -1.55. The molecule has 0 aromatic carbocycles. The molecule has 1 aliphatic rings. The van der Waals surface area contributed by atoms with E-state index >= 15 is 0 Å². The van der Waals surface area contributed by atoms with Gasteiger partial charge in [0.05, 0.1) is 18.7 Å². The van der Waals surface area contributed by atoms with Gasteiger partial charge in [0, 0.05) is 6.20 Å². The lowest BCUT2D eigenvalue weighted by molar-refractivity contribution is -0.138. The molecule has 108 valence electrons. The molecule has 10 heteroatoms. The average Bonchev–Trinajstić information content (AvgIpc) is 2.27. The van der Waals surface area contributed by atoms with E-state index in [2.05, 4.69) is 9.02 Å². The van der Waals surface area contributed by atoms with Crippen LogP contribution >= 0.6 is 0 Å². The zero-order chi connectivity index (χ0) is 14.7. The van der Waals surface area contributed by atoms with Gasteiger partial charge in [-0.15, -0.1) is 4.28 Å². The summed E-state index contributed by atoms with van der Waals surface area (Å²) in [5.41, 5.74) is -5.66. The maximum atomic E-state index is 12.1. The molecule has 1 aliphatic heterocycles. The number of hydrogen-bond acceptors (Lipinski definition) is 6. The summed E-state index contributed by atoms with van der Waals surface area (Å²) in [5.74, 6) is -0.795. The number of nitrogens with zero attached hydrogens (tertiary/aromatic N) is 1. The molecule has 0 atom stereocenters. The predicted octanol–water partition coefficient (Wildman–Crippen LogP) is 1.09. The molecule has 0 saturated heterocycles. The van der Waals surface area contributed by atoms with Crippen LogP contribution in [-0.2, 0) is 23.9 Å². The lowest BCUT2D eigenvalue weighted by Crippen LogP contribution is -2.33.